The number of carbonyl (C=O) groups is 1. The summed E-state index contributed by atoms with van der Waals surface area (Å²) >= 11 is 0. The van der Waals surface area contributed by atoms with Gasteiger partial charge in [0.05, 0.1) is 13.3 Å². The zero-order valence-electron chi connectivity index (χ0n) is 21.2. The number of hydrazone groups is 1. The molecule has 1 unspecified atom stereocenters. The van der Waals surface area contributed by atoms with Gasteiger partial charge in [0.15, 0.2) is 6.61 Å². The number of benzene rings is 2. The average Bonchev–Trinajstić information content (AvgIpc) is 2.84. The minimum atomic E-state index is -0.352. The minimum absolute atomic E-state index is 0.0800. The van der Waals surface area contributed by atoms with Crippen LogP contribution in [0.15, 0.2) is 53.8 Å². The largest absolute Gasteiger partial charge is 0.496 e. The molecule has 0 saturated carbocycles. The molecule has 0 saturated heterocycles. The molecule has 1 aliphatic heterocycles. The molecule has 1 N–H and O–H groups in total. The molecule has 0 radical (unpaired) electrons. The van der Waals surface area contributed by atoms with E-state index in [1.807, 2.05) is 24.3 Å². The van der Waals surface area contributed by atoms with Gasteiger partial charge in [0, 0.05) is 41.0 Å². The molecule has 3 aromatic rings. The smallest absolute Gasteiger partial charge is 0.277 e. The van der Waals surface area contributed by atoms with Crippen molar-refractivity contribution in [2.75, 3.05) is 25.2 Å². The fourth-order valence-corrected chi connectivity index (χ4v) is 4.99. The Labute approximate surface area is 207 Å². The van der Waals surface area contributed by atoms with Crippen molar-refractivity contribution in [3.8, 4) is 11.5 Å². The third-order valence-corrected chi connectivity index (χ3v) is 6.53. The van der Waals surface area contributed by atoms with Crippen molar-refractivity contribution < 1.29 is 14.3 Å². The molecule has 0 bridgehead atoms. The summed E-state index contributed by atoms with van der Waals surface area (Å²) in [5, 5.41) is 5.13. The maximum absolute atomic E-state index is 12.4. The van der Waals surface area contributed by atoms with Crippen molar-refractivity contribution in [3.63, 3.8) is 0 Å². The maximum Gasteiger partial charge on any atom is 0.277 e. The van der Waals surface area contributed by atoms with Crippen LogP contribution in [0.5, 0.6) is 11.5 Å². The maximum atomic E-state index is 12.4. The van der Waals surface area contributed by atoms with Gasteiger partial charge in [-0.05, 0) is 56.4 Å². The number of carbonyl (C=O) groups excluding carboxylic acids is 1. The number of amides is 1. The Hall–Kier alpha value is -3.61. The summed E-state index contributed by atoms with van der Waals surface area (Å²) < 4.78 is 11.4. The normalized spacial score (nSPS) is 16.8. The number of ether oxygens (including phenoxy) is 2. The Morgan fingerprint density at radius 3 is 2.83 bits per heavy atom. The predicted molar refractivity (Wildman–Crippen MR) is 141 cm³/mol. The van der Waals surface area contributed by atoms with Crippen molar-refractivity contribution in [2.24, 2.45) is 5.10 Å². The van der Waals surface area contributed by atoms with E-state index in [2.05, 4.69) is 60.2 Å². The van der Waals surface area contributed by atoms with Crippen LogP contribution in [0.2, 0.25) is 0 Å². The monoisotopic (exact) mass is 474 g/mol. The van der Waals surface area contributed by atoms with Gasteiger partial charge in [-0.1, -0.05) is 32.0 Å². The Morgan fingerprint density at radius 1 is 1.26 bits per heavy atom. The van der Waals surface area contributed by atoms with E-state index >= 15 is 0 Å². The number of methoxy groups -OCH3 is 1. The third kappa shape index (κ3) is 5.24. The lowest BCUT2D eigenvalue weighted by Crippen LogP contribution is -2.48. The molecular formula is C28H34N4O3. The summed E-state index contributed by atoms with van der Waals surface area (Å²) in [4.78, 5) is 19.2. The van der Waals surface area contributed by atoms with E-state index < -0.39 is 0 Å². The van der Waals surface area contributed by atoms with Crippen molar-refractivity contribution >= 4 is 28.7 Å². The van der Waals surface area contributed by atoms with E-state index in [4.69, 9.17) is 9.47 Å². The Morgan fingerprint density at radius 2 is 2.06 bits per heavy atom. The molecule has 7 heteroatoms. The number of hydrogen-bond acceptors (Lipinski definition) is 6. The molecule has 7 nitrogen and oxygen atoms in total. The van der Waals surface area contributed by atoms with Gasteiger partial charge >= 0.3 is 0 Å². The summed E-state index contributed by atoms with van der Waals surface area (Å²) in [6.07, 6.45) is 5.48. The van der Waals surface area contributed by atoms with Crippen LogP contribution >= 0.6 is 0 Å². The first-order valence-corrected chi connectivity index (χ1v) is 12.1. The fraction of sp³-hybridized carbons (Fsp3) is 0.393. The van der Waals surface area contributed by atoms with Crippen LogP contribution in [0.3, 0.4) is 0 Å². The molecule has 4 rings (SSSR count). The van der Waals surface area contributed by atoms with E-state index in [-0.39, 0.29) is 18.1 Å². The van der Waals surface area contributed by atoms with Crippen LogP contribution in [0.25, 0.3) is 10.9 Å². The first kappa shape index (κ1) is 24.5. The predicted octanol–water partition coefficient (Wildman–Crippen LogP) is 5.27. The van der Waals surface area contributed by atoms with Crippen molar-refractivity contribution in [1.29, 1.82) is 0 Å². The fourth-order valence-electron chi connectivity index (χ4n) is 4.99. The standard InChI is InChI=1S/C28H34N4O3/c1-6-13-32-23-15-25(34-5)21(14-22(23)19(2)16-28(32,3)4)17-30-31-26(33)18-35-24-11-7-9-20-10-8-12-29-27(20)24/h7-12,14-15,17,19H,6,13,16,18H2,1-5H3,(H,31,33)/b30-17-. The second-order valence-corrected chi connectivity index (χ2v) is 9.64. The summed E-state index contributed by atoms with van der Waals surface area (Å²) in [6, 6.07) is 13.7. The highest BCUT2D eigenvalue weighted by Crippen LogP contribution is 2.45. The first-order chi connectivity index (χ1) is 16.8. The van der Waals surface area contributed by atoms with Gasteiger partial charge in [-0.3, -0.25) is 9.78 Å². The number of hydrogen-bond donors (Lipinski definition) is 1. The van der Waals surface area contributed by atoms with Gasteiger partial charge in [-0.25, -0.2) is 5.43 Å². The highest BCUT2D eigenvalue weighted by atomic mass is 16.5. The number of aromatic nitrogens is 1. The Balaban J connectivity index is 1.47. The van der Waals surface area contributed by atoms with Gasteiger partial charge in [0.2, 0.25) is 0 Å². The molecule has 2 heterocycles. The van der Waals surface area contributed by atoms with Crippen LogP contribution in [0.1, 0.15) is 57.6 Å². The quantitative estimate of drug-likeness (QED) is 0.355. The topological polar surface area (TPSA) is 76.0 Å². The van der Waals surface area contributed by atoms with Gasteiger partial charge in [0.1, 0.15) is 17.0 Å². The molecule has 0 spiro atoms. The van der Waals surface area contributed by atoms with Crippen LogP contribution in [-0.2, 0) is 4.79 Å². The van der Waals surface area contributed by atoms with Crippen molar-refractivity contribution in [2.45, 2.75) is 52.0 Å². The van der Waals surface area contributed by atoms with Crippen LogP contribution in [0, 0.1) is 0 Å². The second-order valence-electron chi connectivity index (χ2n) is 9.64. The van der Waals surface area contributed by atoms with Gasteiger partial charge in [-0.15, -0.1) is 0 Å². The Bertz CT molecular complexity index is 1230. The number of rotatable bonds is 8. The second kappa shape index (κ2) is 10.3. The minimum Gasteiger partial charge on any atom is -0.496 e. The molecule has 35 heavy (non-hydrogen) atoms. The number of nitrogens with one attached hydrogen (secondary N) is 1. The van der Waals surface area contributed by atoms with E-state index in [9.17, 15) is 4.79 Å². The summed E-state index contributed by atoms with van der Waals surface area (Å²) in [5.74, 6) is 1.34. The van der Waals surface area contributed by atoms with Crippen LogP contribution in [-0.4, -0.2) is 42.9 Å². The molecule has 1 aliphatic rings. The number of nitrogens with zero attached hydrogens (tertiary/aromatic N) is 3. The summed E-state index contributed by atoms with van der Waals surface area (Å²) in [5.41, 5.74) is 6.67. The molecule has 0 fully saturated rings. The van der Waals surface area contributed by atoms with E-state index in [0.717, 1.165) is 41.6 Å². The number of pyridine rings is 1. The zero-order chi connectivity index (χ0) is 25.0. The first-order valence-electron chi connectivity index (χ1n) is 12.1. The molecule has 1 atom stereocenters. The number of anilines is 1. The van der Waals surface area contributed by atoms with Gasteiger partial charge in [-0.2, -0.15) is 5.10 Å². The molecular weight excluding hydrogens is 440 g/mol. The van der Waals surface area contributed by atoms with Crippen LogP contribution in [0.4, 0.5) is 5.69 Å². The average molecular weight is 475 g/mol. The third-order valence-electron chi connectivity index (χ3n) is 6.53. The van der Waals surface area contributed by atoms with Crippen molar-refractivity contribution in [3.05, 3.63) is 59.8 Å². The van der Waals surface area contributed by atoms with Gasteiger partial charge < -0.3 is 14.4 Å². The van der Waals surface area contributed by atoms with Crippen molar-refractivity contribution in [1.82, 2.24) is 10.4 Å². The molecule has 1 amide bonds. The highest BCUT2D eigenvalue weighted by Gasteiger charge is 2.36. The van der Waals surface area contributed by atoms with Crippen LogP contribution < -0.4 is 19.8 Å². The Kier molecular flexibility index (Phi) is 7.24. The van der Waals surface area contributed by atoms with E-state index in [1.54, 1.807) is 25.6 Å². The number of para-hydroxylation sites is 1. The lowest BCUT2D eigenvalue weighted by molar-refractivity contribution is -0.123. The van der Waals surface area contributed by atoms with Gasteiger partial charge in [0.25, 0.3) is 5.91 Å². The summed E-state index contributed by atoms with van der Waals surface area (Å²) in [6.45, 7) is 9.90. The molecule has 0 aliphatic carbocycles. The molecule has 184 valence electrons. The van der Waals surface area contributed by atoms with E-state index in [1.165, 1.54) is 11.3 Å². The zero-order valence-corrected chi connectivity index (χ0v) is 21.2. The number of fused-ring (bicyclic) bond motifs is 2. The summed E-state index contributed by atoms with van der Waals surface area (Å²) in [7, 11) is 1.66. The molecule has 1 aromatic heterocycles. The molecule has 2 aromatic carbocycles. The lowest BCUT2D eigenvalue weighted by Gasteiger charge is -2.47. The SMILES string of the molecule is CCCN1c2cc(OC)c(/C=N\NC(=O)COc3cccc4cccnc34)cc2C(C)CC1(C)C. The van der Waals surface area contributed by atoms with E-state index in [0.29, 0.717) is 11.7 Å². The lowest BCUT2D eigenvalue weighted by atomic mass is 9.79. The highest BCUT2D eigenvalue weighted by molar-refractivity contribution is 5.88.